The average Bonchev–Trinajstić information content (AvgIpc) is 2.24. The maximum Gasteiger partial charge on any atom is 2.00 e. The molecular formula is C17H36O4Sn. The molecule has 0 spiro atoms. The summed E-state index contributed by atoms with van der Waals surface area (Å²) in [6.07, 6.45) is 3.08. The first-order valence-corrected chi connectivity index (χ1v) is 7.43. The van der Waals surface area contributed by atoms with Crippen LogP contribution in [-0.4, -0.2) is 41.3 Å². The molecule has 0 atom stereocenters. The van der Waals surface area contributed by atoms with E-state index in [0.717, 1.165) is 12.8 Å². The van der Waals surface area contributed by atoms with Crippen LogP contribution < -0.4 is 10.2 Å². The van der Waals surface area contributed by atoms with Crippen molar-refractivity contribution in [2.24, 2.45) is 0 Å². The fraction of sp³-hybridized carbons (Fsp3) is 0.824. The van der Waals surface area contributed by atoms with Crippen molar-refractivity contribution in [3.8, 4) is 0 Å². The third-order valence-corrected chi connectivity index (χ3v) is 1.10. The van der Waals surface area contributed by atoms with E-state index in [2.05, 4.69) is 32.4 Å². The second-order valence-electron chi connectivity index (χ2n) is 6.28. The van der Waals surface area contributed by atoms with Crippen molar-refractivity contribution in [2.75, 3.05) is 0 Å². The Morgan fingerprint density at radius 1 is 0.955 bits per heavy atom. The van der Waals surface area contributed by atoms with Gasteiger partial charge in [-0.1, -0.05) is 74.1 Å². The van der Waals surface area contributed by atoms with Crippen LogP contribution >= 0.6 is 0 Å². The van der Waals surface area contributed by atoms with Crippen molar-refractivity contribution in [3.05, 3.63) is 13.8 Å². The summed E-state index contributed by atoms with van der Waals surface area (Å²) in [7, 11) is 0. The molecular weight excluding hydrogens is 387 g/mol. The van der Waals surface area contributed by atoms with Gasteiger partial charge in [0, 0.05) is 5.60 Å². The molecule has 0 aromatic heterocycles. The first-order valence-electron chi connectivity index (χ1n) is 7.43. The summed E-state index contributed by atoms with van der Waals surface area (Å²) in [6, 6.07) is 0. The molecule has 0 heterocycles. The van der Waals surface area contributed by atoms with Crippen LogP contribution in [0, 0.1) is 13.8 Å². The zero-order valence-corrected chi connectivity index (χ0v) is 18.7. The fourth-order valence-electron chi connectivity index (χ4n) is 0.250. The zero-order chi connectivity index (χ0) is 18.1. The molecule has 0 bridgehead atoms. The monoisotopic (exact) mass is 424 g/mol. The summed E-state index contributed by atoms with van der Waals surface area (Å²) in [4.78, 5) is 9.68. The summed E-state index contributed by atoms with van der Waals surface area (Å²) in [5, 5.41) is 19.8. The molecule has 0 aromatic rings. The number of carbonyl (C=O) groups excluding carboxylic acids is 1. The molecule has 0 aliphatic heterocycles. The Balaban J connectivity index is -0.0000000606. The largest absolute Gasteiger partial charge is 2.00 e. The second-order valence-corrected chi connectivity index (χ2v) is 6.28. The molecule has 132 valence electrons. The normalized spacial score (nSPS) is 9.41. The summed E-state index contributed by atoms with van der Waals surface area (Å²) < 4.78 is 4.24. The van der Waals surface area contributed by atoms with Crippen molar-refractivity contribution >= 4 is 30.1 Å². The van der Waals surface area contributed by atoms with E-state index in [1.54, 1.807) is 41.5 Å². The predicted molar refractivity (Wildman–Crippen MR) is 92.3 cm³/mol. The second kappa shape index (κ2) is 21.0. The summed E-state index contributed by atoms with van der Waals surface area (Å²) in [5.41, 5.74) is -1.39. The molecule has 0 N–H and O–H groups in total. The van der Waals surface area contributed by atoms with Gasteiger partial charge in [0.15, 0.2) is 0 Å². The minimum Gasteiger partial charge on any atom is -0.850 e. The smallest absolute Gasteiger partial charge is 0.850 e. The van der Waals surface area contributed by atoms with Crippen molar-refractivity contribution < 1.29 is 19.7 Å². The van der Waals surface area contributed by atoms with Crippen LogP contribution in [0.1, 0.15) is 81.1 Å². The Morgan fingerprint density at radius 3 is 1.14 bits per heavy atom. The van der Waals surface area contributed by atoms with E-state index in [-0.39, 0.29) is 23.9 Å². The van der Waals surface area contributed by atoms with E-state index in [9.17, 15) is 15.0 Å². The van der Waals surface area contributed by atoms with Gasteiger partial charge < -0.3 is 19.7 Å². The SMILES string of the molecule is CC(C)(C)OC(=O)[O-].CC(C)(C)[O-].[CH2]CCC.[CH2]CCC.[Sn+2]. The van der Waals surface area contributed by atoms with Crippen molar-refractivity contribution in [1.29, 1.82) is 0 Å². The molecule has 4 radical (unpaired) electrons. The number of hydrogen-bond acceptors (Lipinski definition) is 4. The molecule has 0 unspecified atom stereocenters. The molecule has 0 saturated heterocycles. The predicted octanol–water partition coefficient (Wildman–Crippen LogP) is 3.15. The maximum absolute atomic E-state index is 10.1. The van der Waals surface area contributed by atoms with E-state index in [4.69, 9.17) is 0 Å². The van der Waals surface area contributed by atoms with Gasteiger partial charge in [0.25, 0.3) is 6.16 Å². The quantitative estimate of drug-likeness (QED) is 0.506. The number of carboxylic acid groups (broad SMARTS) is 1. The molecule has 0 amide bonds. The molecule has 4 nitrogen and oxygen atoms in total. The van der Waals surface area contributed by atoms with Gasteiger partial charge in [-0.05, 0) is 20.8 Å². The third kappa shape index (κ3) is 147. The Bertz CT molecular complexity index is 192. The van der Waals surface area contributed by atoms with Crippen LogP contribution in [0.25, 0.3) is 0 Å². The summed E-state index contributed by atoms with van der Waals surface area (Å²) >= 11 is 0. The van der Waals surface area contributed by atoms with Crippen molar-refractivity contribution in [2.45, 2.75) is 92.3 Å². The Hall–Kier alpha value is 0.0287. The van der Waals surface area contributed by atoms with Crippen LogP contribution in [0.4, 0.5) is 4.79 Å². The molecule has 0 aliphatic rings. The van der Waals surface area contributed by atoms with Crippen LogP contribution in [0.15, 0.2) is 0 Å². The topological polar surface area (TPSA) is 72.4 Å². The third-order valence-electron chi connectivity index (χ3n) is 1.10. The summed E-state index contributed by atoms with van der Waals surface area (Å²) in [6.45, 7) is 21.3. The van der Waals surface area contributed by atoms with E-state index in [1.165, 1.54) is 12.8 Å². The standard InChI is InChI=1S/C5H10O3.C4H9O.2C4H9.Sn/c1-5(2,3)8-4(6)7;1-4(2,3)5;2*1-3-4-2;/h1-3H3,(H,6,7);1-3H3;2*1,3-4H2,2H3;/q;-1;;;+2/p-1. The van der Waals surface area contributed by atoms with E-state index in [1.807, 2.05) is 0 Å². The molecule has 0 saturated carbocycles. The van der Waals surface area contributed by atoms with Gasteiger partial charge in [0.05, 0.1) is 0 Å². The van der Waals surface area contributed by atoms with Crippen LogP contribution in [0.5, 0.6) is 0 Å². The Labute approximate surface area is 156 Å². The van der Waals surface area contributed by atoms with Crippen molar-refractivity contribution in [3.63, 3.8) is 0 Å². The van der Waals surface area contributed by atoms with E-state index >= 15 is 0 Å². The van der Waals surface area contributed by atoms with Crippen LogP contribution in [-0.2, 0) is 4.74 Å². The van der Waals surface area contributed by atoms with Gasteiger partial charge in [0.1, 0.15) is 0 Å². The molecule has 0 aliphatic carbocycles. The van der Waals surface area contributed by atoms with E-state index < -0.39 is 17.4 Å². The first kappa shape index (κ1) is 33.6. The molecule has 0 rings (SSSR count). The van der Waals surface area contributed by atoms with Gasteiger partial charge >= 0.3 is 23.9 Å². The average molecular weight is 423 g/mol. The maximum atomic E-state index is 10.1. The van der Waals surface area contributed by atoms with Gasteiger partial charge in [-0.3, -0.25) is 0 Å². The molecule has 22 heavy (non-hydrogen) atoms. The number of carbonyl (C=O) groups is 1. The minimum atomic E-state index is -1.47. The number of unbranched alkanes of at least 4 members (excludes halogenated alkanes) is 2. The van der Waals surface area contributed by atoms with Gasteiger partial charge in [0.2, 0.25) is 0 Å². The Kier molecular flexibility index (Phi) is 32.1. The first-order chi connectivity index (χ1) is 9.24. The minimum absolute atomic E-state index is 0. The Morgan fingerprint density at radius 2 is 1.14 bits per heavy atom. The van der Waals surface area contributed by atoms with E-state index in [0.29, 0.717) is 0 Å². The van der Waals surface area contributed by atoms with Crippen LogP contribution in [0.3, 0.4) is 0 Å². The zero-order valence-electron chi connectivity index (χ0n) is 15.9. The summed E-state index contributed by atoms with van der Waals surface area (Å²) in [5.74, 6) is 0. The number of rotatable bonds is 2. The molecule has 5 heteroatoms. The number of hydrogen-bond donors (Lipinski definition) is 0. The molecule has 0 fully saturated rings. The van der Waals surface area contributed by atoms with Gasteiger partial charge in [-0.2, -0.15) is 0 Å². The van der Waals surface area contributed by atoms with Gasteiger partial charge in [-0.25, -0.2) is 0 Å². The fourth-order valence-corrected chi connectivity index (χ4v) is 0.250. The molecule has 0 aromatic carbocycles. The van der Waals surface area contributed by atoms with Gasteiger partial charge in [-0.15, -0.1) is 5.60 Å². The number of ether oxygens (including phenoxy) is 1. The van der Waals surface area contributed by atoms with Crippen molar-refractivity contribution in [1.82, 2.24) is 0 Å². The van der Waals surface area contributed by atoms with Crippen LogP contribution in [0.2, 0.25) is 0 Å².